The van der Waals surface area contributed by atoms with Crippen LogP contribution in [0.4, 0.5) is 0 Å². The van der Waals surface area contributed by atoms with Gasteiger partial charge in [-0.1, -0.05) is 38.1 Å². The highest BCUT2D eigenvalue weighted by Crippen LogP contribution is 2.25. The van der Waals surface area contributed by atoms with Gasteiger partial charge in [-0.2, -0.15) is 0 Å². The number of aromatic nitrogens is 1. The molecule has 1 atom stereocenters. The van der Waals surface area contributed by atoms with Crippen molar-refractivity contribution in [2.24, 2.45) is 0 Å². The zero-order valence-corrected chi connectivity index (χ0v) is 14.4. The minimum absolute atomic E-state index is 0.123. The Hall–Kier alpha value is -1.72. The molecular weight excluding hydrogens is 308 g/mol. The normalized spacial score (nSPS) is 17.6. The number of hydrogen-bond donors (Lipinski definition) is 1. The van der Waals surface area contributed by atoms with Crippen molar-refractivity contribution in [1.29, 1.82) is 0 Å². The lowest BCUT2D eigenvalue weighted by Crippen LogP contribution is -2.31. The van der Waals surface area contributed by atoms with E-state index in [1.54, 1.807) is 0 Å². The van der Waals surface area contributed by atoms with Crippen molar-refractivity contribution >= 4 is 17.2 Å². The highest BCUT2D eigenvalue weighted by Gasteiger charge is 2.18. The fourth-order valence-electron chi connectivity index (χ4n) is 2.62. The summed E-state index contributed by atoms with van der Waals surface area (Å²) in [6.45, 7) is 5.71. The average molecular weight is 330 g/mol. The van der Waals surface area contributed by atoms with Crippen LogP contribution in [0.1, 0.15) is 48.7 Å². The number of nitrogens with zero attached hydrogens (tertiary/aromatic N) is 1. The van der Waals surface area contributed by atoms with Crippen molar-refractivity contribution in [3.63, 3.8) is 0 Å². The van der Waals surface area contributed by atoms with Gasteiger partial charge >= 0.3 is 0 Å². The lowest BCUT2D eigenvalue weighted by molar-refractivity contribution is 0.0854. The number of amides is 1. The van der Waals surface area contributed by atoms with Gasteiger partial charge in [0, 0.05) is 24.1 Å². The van der Waals surface area contributed by atoms with Gasteiger partial charge in [0.25, 0.3) is 5.91 Å². The predicted molar refractivity (Wildman–Crippen MR) is 92.9 cm³/mol. The molecule has 2 heterocycles. The van der Waals surface area contributed by atoms with Gasteiger partial charge < -0.3 is 10.1 Å². The van der Waals surface area contributed by atoms with E-state index in [1.165, 1.54) is 16.9 Å². The lowest BCUT2D eigenvalue weighted by atomic mass is 10.0. The fourth-order valence-corrected chi connectivity index (χ4v) is 3.43. The Morgan fingerprint density at radius 1 is 1.39 bits per heavy atom. The largest absolute Gasteiger partial charge is 0.376 e. The molecule has 1 N–H and O–H groups in total. The monoisotopic (exact) mass is 330 g/mol. The van der Waals surface area contributed by atoms with E-state index in [4.69, 9.17) is 4.74 Å². The second-order valence-electron chi connectivity index (χ2n) is 6.16. The molecule has 1 fully saturated rings. The smallest absolute Gasteiger partial charge is 0.270 e. The maximum absolute atomic E-state index is 12.2. The lowest BCUT2D eigenvalue weighted by Gasteiger charge is -2.09. The van der Waals surface area contributed by atoms with Gasteiger partial charge in [-0.05, 0) is 24.3 Å². The van der Waals surface area contributed by atoms with Crippen molar-refractivity contribution < 1.29 is 9.53 Å². The van der Waals surface area contributed by atoms with Gasteiger partial charge in [-0.25, -0.2) is 4.98 Å². The minimum atomic E-state index is -0.123. The molecule has 1 aromatic carbocycles. The van der Waals surface area contributed by atoms with Gasteiger partial charge in [0.2, 0.25) is 0 Å². The van der Waals surface area contributed by atoms with Crippen molar-refractivity contribution in [2.75, 3.05) is 13.2 Å². The van der Waals surface area contributed by atoms with Crippen LogP contribution in [-0.4, -0.2) is 30.1 Å². The Kier molecular flexibility index (Phi) is 5.08. The van der Waals surface area contributed by atoms with Gasteiger partial charge in [0.1, 0.15) is 10.7 Å². The first-order valence-corrected chi connectivity index (χ1v) is 8.97. The SMILES string of the molecule is CC(C)c1ccc(-c2nc(C(=O)NCC3CCCO3)cs2)cc1. The number of benzene rings is 1. The molecule has 0 radical (unpaired) electrons. The molecule has 1 aromatic heterocycles. The maximum atomic E-state index is 12.2. The molecular formula is C18H22N2O2S. The summed E-state index contributed by atoms with van der Waals surface area (Å²) in [4.78, 5) is 16.6. The molecule has 2 aromatic rings. The number of ether oxygens (including phenoxy) is 1. The van der Waals surface area contributed by atoms with Crippen molar-refractivity contribution in [3.8, 4) is 10.6 Å². The van der Waals surface area contributed by atoms with Crippen LogP contribution in [0.5, 0.6) is 0 Å². The summed E-state index contributed by atoms with van der Waals surface area (Å²) < 4.78 is 5.51. The van der Waals surface area contributed by atoms with Gasteiger partial charge in [0.15, 0.2) is 0 Å². The Morgan fingerprint density at radius 3 is 2.83 bits per heavy atom. The van der Waals surface area contributed by atoms with E-state index >= 15 is 0 Å². The third-order valence-electron chi connectivity index (χ3n) is 4.08. The average Bonchev–Trinajstić information content (AvgIpc) is 3.24. The minimum Gasteiger partial charge on any atom is -0.376 e. The van der Waals surface area contributed by atoms with Crippen LogP contribution in [0.25, 0.3) is 10.6 Å². The van der Waals surface area contributed by atoms with Crippen LogP contribution in [0.15, 0.2) is 29.6 Å². The molecule has 0 saturated carbocycles. The van der Waals surface area contributed by atoms with E-state index in [1.807, 2.05) is 5.38 Å². The molecule has 3 rings (SSSR count). The molecule has 0 spiro atoms. The number of carbonyl (C=O) groups is 1. The Bertz CT molecular complexity index is 658. The molecule has 5 heteroatoms. The molecule has 0 aliphatic carbocycles. The van der Waals surface area contributed by atoms with Crippen LogP contribution >= 0.6 is 11.3 Å². The van der Waals surface area contributed by atoms with Crippen LogP contribution in [0.2, 0.25) is 0 Å². The predicted octanol–water partition coefficient (Wildman–Crippen LogP) is 3.84. The number of thiazole rings is 1. The molecule has 23 heavy (non-hydrogen) atoms. The van der Waals surface area contributed by atoms with E-state index in [9.17, 15) is 4.79 Å². The van der Waals surface area contributed by atoms with E-state index in [2.05, 4.69) is 48.4 Å². The summed E-state index contributed by atoms with van der Waals surface area (Å²) >= 11 is 1.50. The number of nitrogens with one attached hydrogen (secondary N) is 1. The molecule has 0 bridgehead atoms. The summed E-state index contributed by atoms with van der Waals surface area (Å²) in [7, 11) is 0. The van der Waals surface area contributed by atoms with Crippen LogP contribution in [-0.2, 0) is 4.74 Å². The van der Waals surface area contributed by atoms with Crippen molar-refractivity contribution in [1.82, 2.24) is 10.3 Å². The second-order valence-corrected chi connectivity index (χ2v) is 7.02. The molecule has 1 aliphatic heterocycles. The Balaban J connectivity index is 1.63. The number of carbonyl (C=O) groups excluding carboxylic acids is 1. The van der Waals surface area contributed by atoms with Crippen LogP contribution in [0, 0.1) is 0 Å². The van der Waals surface area contributed by atoms with E-state index < -0.39 is 0 Å². The standard InChI is InChI=1S/C18H22N2O2S/c1-12(2)13-5-7-14(8-6-13)18-20-16(11-23-18)17(21)19-10-15-4-3-9-22-15/h5-8,11-12,15H,3-4,9-10H2,1-2H3,(H,19,21). The van der Waals surface area contributed by atoms with E-state index in [0.717, 1.165) is 30.0 Å². The molecule has 4 nitrogen and oxygen atoms in total. The number of rotatable bonds is 5. The summed E-state index contributed by atoms with van der Waals surface area (Å²) in [6, 6.07) is 8.39. The van der Waals surface area contributed by atoms with Crippen molar-refractivity contribution in [3.05, 3.63) is 40.9 Å². The van der Waals surface area contributed by atoms with Crippen LogP contribution in [0.3, 0.4) is 0 Å². The van der Waals surface area contributed by atoms with E-state index in [0.29, 0.717) is 18.2 Å². The zero-order chi connectivity index (χ0) is 16.2. The fraction of sp³-hybridized carbons (Fsp3) is 0.444. The van der Waals surface area contributed by atoms with Gasteiger partial charge in [-0.3, -0.25) is 4.79 Å². The second kappa shape index (κ2) is 7.23. The van der Waals surface area contributed by atoms with E-state index in [-0.39, 0.29) is 12.0 Å². The molecule has 122 valence electrons. The summed E-state index contributed by atoms with van der Waals surface area (Å²) in [5, 5.41) is 5.60. The Labute approximate surface area is 140 Å². The zero-order valence-electron chi connectivity index (χ0n) is 13.5. The summed E-state index contributed by atoms with van der Waals surface area (Å²) in [6.07, 6.45) is 2.25. The van der Waals surface area contributed by atoms with Crippen molar-refractivity contribution in [2.45, 2.75) is 38.7 Å². The summed E-state index contributed by atoms with van der Waals surface area (Å²) in [5.74, 6) is 0.390. The highest BCUT2D eigenvalue weighted by atomic mass is 32.1. The first-order valence-electron chi connectivity index (χ1n) is 8.09. The van der Waals surface area contributed by atoms with Gasteiger partial charge in [-0.15, -0.1) is 11.3 Å². The molecule has 1 saturated heterocycles. The highest BCUT2D eigenvalue weighted by molar-refractivity contribution is 7.13. The third-order valence-corrected chi connectivity index (χ3v) is 4.97. The molecule has 1 unspecified atom stereocenters. The molecule has 1 amide bonds. The first-order chi connectivity index (χ1) is 11.1. The quantitative estimate of drug-likeness (QED) is 0.906. The number of hydrogen-bond acceptors (Lipinski definition) is 4. The van der Waals surface area contributed by atoms with Crippen LogP contribution < -0.4 is 5.32 Å². The third kappa shape index (κ3) is 3.98. The molecule has 1 aliphatic rings. The Morgan fingerprint density at radius 2 is 2.17 bits per heavy atom. The summed E-state index contributed by atoms with van der Waals surface area (Å²) in [5.41, 5.74) is 2.84. The topological polar surface area (TPSA) is 51.2 Å². The first kappa shape index (κ1) is 16.1. The van der Waals surface area contributed by atoms with Gasteiger partial charge in [0.05, 0.1) is 6.10 Å². The maximum Gasteiger partial charge on any atom is 0.270 e.